The summed E-state index contributed by atoms with van der Waals surface area (Å²) in [7, 11) is 0. The van der Waals surface area contributed by atoms with Crippen LogP contribution in [0.25, 0.3) is 0 Å². The molecule has 0 bridgehead atoms. The highest BCUT2D eigenvalue weighted by Crippen LogP contribution is 2.02. The van der Waals surface area contributed by atoms with Gasteiger partial charge in [0.2, 0.25) is 0 Å². The Morgan fingerprint density at radius 2 is 1.32 bits per heavy atom. The molecule has 0 aliphatic rings. The molecule has 0 aromatic rings. The van der Waals surface area contributed by atoms with E-state index in [1.54, 1.807) is 0 Å². The Labute approximate surface area is 134 Å². The molecule has 0 rings (SSSR count). The number of aliphatic carboxylic acids is 1. The number of carboxylic acid groups (broad SMARTS) is 1. The molecule has 6 heteroatoms. The van der Waals surface area contributed by atoms with Crippen LogP contribution in [0.2, 0.25) is 0 Å². The average Bonchev–Trinajstić information content (AvgIpc) is 2.42. The van der Waals surface area contributed by atoms with Crippen LogP contribution in [0.1, 0.15) is 41.0 Å². The first-order valence-electron chi connectivity index (χ1n) is 7.95. The fourth-order valence-electron chi connectivity index (χ4n) is 1.56. The third-order valence-corrected chi connectivity index (χ3v) is 2.75. The Kier molecular flexibility index (Phi) is 12.4. The lowest BCUT2D eigenvalue weighted by Crippen LogP contribution is -2.27. The van der Waals surface area contributed by atoms with Crippen molar-refractivity contribution in [2.24, 2.45) is 5.92 Å². The summed E-state index contributed by atoms with van der Waals surface area (Å²) in [6, 6.07) is 0. The summed E-state index contributed by atoms with van der Waals surface area (Å²) in [5.41, 5.74) is 0. The van der Waals surface area contributed by atoms with Crippen molar-refractivity contribution in [2.45, 2.75) is 59.4 Å². The zero-order valence-electron chi connectivity index (χ0n) is 14.5. The van der Waals surface area contributed by atoms with Crippen LogP contribution in [-0.2, 0) is 23.7 Å². The average molecular weight is 320 g/mol. The minimum Gasteiger partial charge on any atom is -0.481 e. The Morgan fingerprint density at radius 1 is 0.818 bits per heavy atom. The Hall–Kier alpha value is -0.690. The van der Waals surface area contributed by atoms with Crippen LogP contribution in [0.5, 0.6) is 0 Å². The molecule has 132 valence electrons. The van der Waals surface area contributed by atoms with Crippen LogP contribution in [-0.4, -0.2) is 62.4 Å². The van der Waals surface area contributed by atoms with Gasteiger partial charge in [-0.3, -0.25) is 4.79 Å². The van der Waals surface area contributed by atoms with Gasteiger partial charge in [-0.15, -0.1) is 0 Å². The van der Waals surface area contributed by atoms with Crippen molar-refractivity contribution in [3.05, 3.63) is 0 Å². The SMILES string of the molecule is CC(C)COCC(C)OCC(C)OCC(C)OCCC(=O)O. The molecule has 0 saturated carbocycles. The minimum absolute atomic E-state index is 0.0108. The maximum atomic E-state index is 10.4. The van der Waals surface area contributed by atoms with E-state index in [1.807, 2.05) is 20.8 Å². The van der Waals surface area contributed by atoms with Crippen molar-refractivity contribution in [3.8, 4) is 0 Å². The number of hydrogen-bond donors (Lipinski definition) is 1. The number of carboxylic acids is 1. The van der Waals surface area contributed by atoms with Crippen molar-refractivity contribution in [3.63, 3.8) is 0 Å². The van der Waals surface area contributed by atoms with Gasteiger partial charge in [0, 0.05) is 6.61 Å². The van der Waals surface area contributed by atoms with Gasteiger partial charge in [-0.2, -0.15) is 0 Å². The normalized spacial score (nSPS) is 15.7. The molecule has 0 aromatic carbocycles. The highest BCUT2D eigenvalue weighted by Gasteiger charge is 2.10. The van der Waals surface area contributed by atoms with Crippen LogP contribution in [0.4, 0.5) is 0 Å². The smallest absolute Gasteiger partial charge is 0.305 e. The highest BCUT2D eigenvalue weighted by atomic mass is 16.6. The van der Waals surface area contributed by atoms with E-state index in [1.165, 1.54) is 0 Å². The van der Waals surface area contributed by atoms with Gasteiger partial charge in [0.1, 0.15) is 0 Å². The summed E-state index contributed by atoms with van der Waals surface area (Å²) in [4.78, 5) is 10.4. The van der Waals surface area contributed by atoms with Crippen LogP contribution in [0, 0.1) is 5.92 Å². The van der Waals surface area contributed by atoms with Gasteiger partial charge in [0.15, 0.2) is 0 Å². The van der Waals surface area contributed by atoms with Crippen molar-refractivity contribution < 1.29 is 28.8 Å². The molecule has 3 unspecified atom stereocenters. The Morgan fingerprint density at radius 3 is 1.82 bits per heavy atom. The van der Waals surface area contributed by atoms with Gasteiger partial charge in [0.05, 0.1) is 51.2 Å². The van der Waals surface area contributed by atoms with E-state index >= 15 is 0 Å². The molecule has 6 nitrogen and oxygen atoms in total. The minimum atomic E-state index is -0.858. The summed E-state index contributed by atoms with van der Waals surface area (Å²) >= 11 is 0. The predicted octanol–water partition coefficient (Wildman–Crippen LogP) is 2.35. The molecular weight excluding hydrogens is 288 g/mol. The van der Waals surface area contributed by atoms with Crippen molar-refractivity contribution >= 4 is 5.97 Å². The van der Waals surface area contributed by atoms with Gasteiger partial charge in [-0.05, 0) is 26.7 Å². The zero-order chi connectivity index (χ0) is 17.0. The van der Waals surface area contributed by atoms with Gasteiger partial charge in [0.25, 0.3) is 0 Å². The summed E-state index contributed by atoms with van der Waals surface area (Å²) in [5, 5.41) is 8.52. The number of rotatable bonds is 14. The van der Waals surface area contributed by atoms with E-state index in [0.717, 1.165) is 6.61 Å². The molecule has 0 fully saturated rings. The molecule has 0 amide bonds. The fourth-order valence-corrected chi connectivity index (χ4v) is 1.56. The first kappa shape index (κ1) is 21.3. The number of carbonyl (C=O) groups is 1. The fraction of sp³-hybridized carbons (Fsp3) is 0.938. The summed E-state index contributed by atoms with van der Waals surface area (Å²) in [6.45, 7) is 12.4. The van der Waals surface area contributed by atoms with Crippen molar-refractivity contribution in [1.82, 2.24) is 0 Å². The quantitative estimate of drug-likeness (QED) is 0.529. The third kappa shape index (κ3) is 14.3. The predicted molar refractivity (Wildman–Crippen MR) is 84.2 cm³/mol. The highest BCUT2D eigenvalue weighted by molar-refractivity contribution is 5.66. The molecule has 0 radical (unpaired) electrons. The van der Waals surface area contributed by atoms with E-state index in [-0.39, 0.29) is 31.3 Å². The van der Waals surface area contributed by atoms with Gasteiger partial charge in [-0.25, -0.2) is 0 Å². The standard InChI is InChI=1S/C16H32O6/c1-12(2)8-19-9-13(3)21-11-15(5)22-10-14(4)20-7-6-16(17)18/h12-15H,6-11H2,1-5H3,(H,17,18). The lowest BCUT2D eigenvalue weighted by Gasteiger charge is -2.20. The summed E-state index contributed by atoms with van der Waals surface area (Å²) in [6.07, 6.45) is -0.127. The van der Waals surface area contributed by atoms with E-state index in [0.29, 0.717) is 25.7 Å². The molecule has 0 saturated heterocycles. The van der Waals surface area contributed by atoms with Gasteiger partial charge >= 0.3 is 5.97 Å². The monoisotopic (exact) mass is 320 g/mol. The molecule has 0 aromatic heterocycles. The first-order chi connectivity index (χ1) is 10.3. The first-order valence-corrected chi connectivity index (χ1v) is 7.95. The summed E-state index contributed by atoms with van der Waals surface area (Å²) < 4.78 is 22.1. The largest absolute Gasteiger partial charge is 0.481 e. The Balaban J connectivity index is 3.59. The second-order valence-corrected chi connectivity index (χ2v) is 6.04. The second-order valence-electron chi connectivity index (χ2n) is 6.04. The third-order valence-electron chi connectivity index (χ3n) is 2.75. The van der Waals surface area contributed by atoms with Gasteiger partial charge < -0.3 is 24.1 Å². The number of hydrogen-bond acceptors (Lipinski definition) is 5. The lowest BCUT2D eigenvalue weighted by atomic mass is 10.2. The van der Waals surface area contributed by atoms with Gasteiger partial charge in [-0.1, -0.05) is 13.8 Å². The summed E-state index contributed by atoms with van der Waals surface area (Å²) in [5.74, 6) is -0.333. The van der Waals surface area contributed by atoms with Crippen LogP contribution >= 0.6 is 0 Å². The molecule has 0 aliphatic heterocycles. The van der Waals surface area contributed by atoms with E-state index in [2.05, 4.69) is 13.8 Å². The van der Waals surface area contributed by atoms with Crippen molar-refractivity contribution in [2.75, 3.05) is 33.0 Å². The Bertz CT molecular complexity index is 282. The topological polar surface area (TPSA) is 74.2 Å². The zero-order valence-corrected chi connectivity index (χ0v) is 14.5. The maximum absolute atomic E-state index is 10.4. The van der Waals surface area contributed by atoms with Crippen molar-refractivity contribution in [1.29, 1.82) is 0 Å². The van der Waals surface area contributed by atoms with Crippen LogP contribution in [0.15, 0.2) is 0 Å². The molecule has 1 N–H and O–H groups in total. The molecule has 22 heavy (non-hydrogen) atoms. The van der Waals surface area contributed by atoms with E-state index < -0.39 is 5.97 Å². The molecule has 3 atom stereocenters. The van der Waals surface area contributed by atoms with E-state index in [4.69, 9.17) is 24.1 Å². The van der Waals surface area contributed by atoms with Crippen LogP contribution < -0.4 is 0 Å². The molecule has 0 aliphatic carbocycles. The van der Waals surface area contributed by atoms with E-state index in [9.17, 15) is 4.79 Å². The molecule has 0 heterocycles. The van der Waals surface area contributed by atoms with Crippen LogP contribution in [0.3, 0.4) is 0 Å². The number of ether oxygens (including phenoxy) is 4. The molecular formula is C16H32O6. The maximum Gasteiger partial charge on any atom is 0.305 e. The second kappa shape index (κ2) is 12.8. The molecule has 0 spiro atoms. The lowest BCUT2D eigenvalue weighted by molar-refractivity contribution is -0.139.